The predicted octanol–water partition coefficient (Wildman–Crippen LogP) is 2.66. The largest absolute Gasteiger partial charge is 0.418 e. The highest BCUT2D eigenvalue weighted by Crippen LogP contribution is 2.34. The SMILES string of the molecule is CN(CC(=O)Nc1ccccc1C(F)(F)F)C(=O)CCN1CCSC1=O. The van der Waals surface area contributed by atoms with Gasteiger partial charge in [-0.1, -0.05) is 23.9 Å². The van der Waals surface area contributed by atoms with Gasteiger partial charge in [0.05, 0.1) is 17.8 Å². The van der Waals surface area contributed by atoms with E-state index in [1.165, 1.54) is 30.9 Å². The zero-order chi connectivity index (χ0) is 19.3. The fourth-order valence-electron chi connectivity index (χ4n) is 2.38. The lowest BCUT2D eigenvalue weighted by Crippen LogP contribution is -2.37. The molecule has 1 aromatic rings. The summed E-state index contributed by atoms with van der Waals surface area (Å²) in [5.41, 5.74) is -1.31. The Labute approximate surface area is 152 Å². The molecular weight excluding hydrogens is 371 g/mol. The first-order valence-corrected chi connectivity index (χ1v) is 8.79. The third-order valence-electron chi connectivity index (χ3n) is 3.75. The molecule has 1 aromatic carbocycles. The average molecular weight is 389 g/mol. The predicted molar refractivity (Wildman–Crippen MR) is 91.8 cm³/mol. The van der Waals surface area contributed by atoms with Crippen molar-refractivity contribution in [1.82, 2.24) is 9.80 Å². The summed E-state index contributed by atoms with van der Waals surface area (Å²) in [7, 11) is 1.39. The van der Waals surface area contributed by atoms with Gasteiger partial charge in [0.1, 0.15) is 0 Å². The van der Waals surface area contributed by atoms with Crippen LogP contribution in [-0.4, -0.2) is 59.3 Å². The maximum Gasteiger partial charge on any atom is 0.418 e. The molecule has 0 saturated carbocycles. The van der Waals surface area contributed by atoms with Crippen molar-refractivity contribution in [3.05, 3.63) is 29.8 Å². The summed E-state index contributed by atoms with van der Waals surface area (Å²) >= 11 is 1.19. The van der Waals surface area contributed by atoms with Gasteiger partial charge in [-0.25, -0.2) is 0 Å². The number of nitrogens with zero attached hydrogens (tertiary/aromatic N) is 2. The minimum atomic E-state index is -4.59. The number of halogens is 3. The molecular formula is C16H18F3N3O3S. The van der Waals surface area contributed by atoms with Crippen LogP contribution in [0.3, 0.4) is 0 Å². The van der Waals surface area contributed by atoms with Crippen LogP contribution in [0.5, 0.6) is 0 Å². The Morgan fingerprint density at radius 3 is 2.62 bits per heavy atom. The molecule has 1 saturated heterocycles. The van der Waals surface area contributed by atoms with Gasteiger partial charge >= 0.3 is 6.18 Å². The minimum absolute atomic E-state index is 0.0508. The van der Waals surface area contributed by atoms with E-state index in [4.69, 9.17) is 0 Å². The molecule has 1 aliphatic heterocycles. The van der Waals surface area contributed by atoms with E-state index in [2.05, 4.69) is 5.32 Å². The number of amides is 3. The number of likely N-dealkylation sites (N-methyl/N-ethyl adjacent to an activating group) is 1. The van der Waals surface area contributed by atoms with Gasteiger partial charge in [-0.3, -0.25) is 14.4 Å². The van der Waals surface area contributed by atoms with Crippen LogP contribution in [0.1, 0.15) is 12.0 Å². The molecule has 142 valence electrons. The van der Waals surface area contributed by atoms with E-state index in [1.54, 1.807) is 4.90 Å². The molecule has 1 heterocycles. The minimum Gasteiger partial charge on any atom is -0.336 e. The molecule has 0 radical (unpaired) electrons. The lowest BCUT2D eigenvalue weighted by molar-refractivity contribution is -0.137. The van der Waals surface area contributed by atoms with Crippen LogP contribution in [-0.2, 0) is 15.8 Å². The third kappa shape index (κ3) is 5.38. The second kappa shape index (κ2) is 8.43. The zero-order valence-corrected chi connectivity index (χ0v) is 14.8. The second-order valence-electron chi connectivity index (χ2n) is 5.69. The number of nitrogens with one attached hydrogen (secondary N) is 1. The molecule has 2 rings (SSSR count). The van der Waals surface area contributed by atoms with E-state index in [-0.39, 0.29) is 36.3 Å². The van der Waals surface area contributed by atoms with Gasteiger partial charge in [0, 0.05) is 32.3 Å². The molecule has 3 amide bonds. The molecule has 0 unspecified atom stereocenters. The van der Waals surface area contributed by atoms with Crippen molar-refractivity contribution in [2.75, 3.05) is 37.8 Å². The van der Waals surface area contributed by atoms with Gasteiger partial charge in [-0.2, -0.15) is 13.2 Å². The number of hydrogen-bond acceptors (Lipinski definition) is 4. The molecule has 1 aliphatic rings. The third-order valence-corrected chi connectivity index (χ3v) is 4.65. The van der Waals surface area contributed by atoms with Crippen molar-refractivity contribution in [2.45, 2.75) is 12.6 Å². The standard InChI is InChI=1S/C16H18F3N3O3S/c1-21(14(24)6-7-22-8-9-26-15(22)25)10-13(23)20-12-5-3-2-4-11(12)16(17,18)19/h2-5H,6-10H2,1H3,(H,20,23). The first-order valence-electron chi connectivity index (χ1n) is 7.80. The van der Waals surface area contributed by atoms with Crippen LogP contribution in [0.15, 0.2) is 24.3 Å². The summed E-state index contributed by atoms with van der Waals surface area (Å²) in [5.74, 6) is -0.413. The van der Waals surface area contributed by atoms with Gasteiger partial charge in [0.2, 0.25) is 11.8 Å². The van der Waals surface area contributed by atoms with Crippen molar-refractivity contribution < 1.29 is 27.6 Å². The highest BCUT2D eigenvalue weighted by molar-refractivity contribution is 8.13. The lowest BCUT2D eigenvalue weighted by Gasteiger charge is -2.20. The maximum absolute atomic E-state index is 12.9. The van der Waals surface area contributed by atoms with E-state index >= 15 is 0 Å². The zero-order valence-electron chi connectivity index (χ0n) is 14.0. The molecule has 6 nitrogen and oxygen atoms in total. The van der Waals surface area contributed by atoms with E-state index in [1.807, 2.05) is 0 Å². The van der Waals surface area contributed by atoms with Crippen LogP contribution in [0.25, 0.3) is 0 Å². The number of carbonyl (C=O) groups excluding carboxylic acids is 3. The van der Waals surface area contributed by atoms with Gasteiger partial charge < -0.3 is 15.1 Å². The summed E-state index contributed by atoms with van der Waals surface area (Å²) in [6.07, 6.45) is -4.54. The highest BCUT2D eigenvalue weighted by Gasteiger charge is 2.33. The van der Waals surface area contributed by atoms with Gasteiger partial charge in [0.25, 0.3) is 5.24 Å². The topological polar surface area (TPSA) is 69.7 Å². The van der Waals surface area contributed by atoms with Crippen LogP contribution in [0.2, 0.25) is 0 Å². The van der Waals surface area contributed by atoms with Crippen LogP contribution in [0, 0.1) is 0 Å². The van der Waals surface area contributed by atoms with Gasteiger partial charge in [-0.05, 0) is 12.1 Å². The van der Waals surface area contributed by atoms with Crippen LogP contribution < -0.4 is 5.32 Å². The molecule has 0 atom stereocenters. The number of thioether (sulfide) groups is 1. The first-order chi connectivity index (χ1) is 12.2. The molecule has 10 heteroatoms. The monoisotopic (exact) mass is 389 g/mol. The van der Waals surface area contributed by atoms with Crippen molar-refractivity contribution in [3.8, 4) is 0 Å². The molecule has 1 fully saturated rings. The van der Waals surface area contributed by atoms with Crippen molar-refractivity contribution in [3.63, 3.8) is 0 Å². The van der Waals surface area contributed by atoms with Gasteiger partial charge in [0.15, 0.2) is 0 Å². The number of benzene rings is 1. The molecule has 0 aliphatic carbocycles. The van der Waals surface area contributed by atoms with Crippen LogP contribution >= 0.6 is 11.8 Å². The maximum atomic E-state index is 12.9. The normalized spacial score (nSPS) is 14.5. The summed E-state index contributed by atoms with van der Waals surface area (Å²) in [6.45, 7) is 0.455. The van der Waals surface area contributed by atoms with E-state index in [0.29, 0.717) is 12.3 Å². The Morgan fingerprint density at radius 1 is 1.31 bits per heavy atom. The molecule has 0 aromatic heterocycles. The Morgan fingerprint density at radius 2 is 2.00 bits per heavy atom. The van der Waals surface area contributed by atoms with Crippen molar-refractivity contribution in [2.24, 2.45) is 0 Å². The fourth-order valence-corrected chi connectivity index (χ4v) is 3.23. The van der Waals surface area contributed by atoms with E-state index in [9.17, 15) is 27.6 Å². The van der Waals surface area contributed by atoms with E-state index in [0.717, 1.165) is 17.0 Å². The second-order valence-corrected chi connectivity index (χ2v) is 6.74. The molecule has 26 heavy (non-hydrogen) atoms. The molecule has 0 bridgehead atoms. The quantitative estimate of drug-likeness (QED) is 0.812. The molecule has 1 N–H and O–H groups in total. The molecule has 0 spiro atoms. The number of carbonyl (C=O) groups is 3. The summed E-state index contributed by atoms with van der Waals surface area (Å²) < 4.78 is 38.8. The summed E-state index contributed by atoms with van der Waals surface area (Å²) in [6, 6.07) is 4.63. The smallest absolute Gasteiger partial charge is 0.336 e. The Bertz CT molecular complexity index is 697. The first kappa shape index (κ1) is 20.1. The van der Waals surface area contributed by atoms with Crippen molar-refractivity contribution >= 4 is 34.5 Å². The Kier molecular flexibility index (Phi) is 6.52. The number of alkyl halides is 3. The fraction of sp³-hybridized carbons (Fsp3) is 0.438. The van der Waals surface area contributed by atoms with E-state index < -0.39 is 17.6 Å². The lowest BCUT2D eigenvalue weighted by atomic mass is 10.1. The highest BCUT2D eigenvalue weighted by atomic mass is 32.2. The summed E-state index contributed by atoms with van der Waals surface area (Å²) in [4.78, 5) is 38.2. The summed E-state index contributed by atoms with van der Waals surface area (Å²) in [5, 5.41) is 2.10. The van der Waals surface area contributed by atoms with Gasteiger partial charge in [-0.15, -0.1) is 0 Å². The van der Waals surface area contributed by atoms with Crippen LogP contribution in [0.4, 0.5) is 23.7 Å². The number of rotatable bonds is 6. The van der Waals surface area contributed by atoms with Crippen molar-refractivity contribution in [1.29, 1.82) is 0 Å². The number of hydrogen-bond donors (Lipinski definition) is 1. The average Bonchev–Trinajstić information content (AvgIpc) is 2.97. The number of anilines is 1. The number of para-hydroxylation sites is 1. The Hall–Kier alpha value is -2.23. The Balaban J connectivity index is 1.87.